The van der Waals surface area contributed by atoms with E-state index in [1.165, 1.54) is 12.1 Å². The second-order valence-corrected chi connectivity index (χ2v) is 6.19. The van der Waals surface area contributed by atoms with Crippen molar-refractivity contribution in [3.63, 3.8) is 0 Å². The Balaban J connectivity index is 2.33. The molecule has 0 radical (unpaired) electrons. The molecule has 1 nitrogen and oxygen atoms in total. The van der Waals surface area contributed by atoms with Gasteiger partial charge in [0.05, 0.1) is 5.38 Å². The van der Waals surface area contributed by atoms with Crippen LogP contribution in [0.3, 0.4) is 0 Å². The zero-order chi connectivity index (χ0) is 14.7. The van der Waals surface area contributed by atoms with Gasteiger partial charge in [-0.25, -0.2) is 0 Å². The Morgan fingerprint density at radius 3 is 2.50 bits per heavy atom. The Morgan fingerprint density at radius 2 is 1.80 bits per heavy atom. The van der Waals surface area contributed by atoms with Gasteiger partial charge in [0.25, 0.3) is 0 Å². The highest BCUT2D eigenvalue weighted by Crippen LogP contribution is 2.36. The minimum Gasteiger partial charge on any atom is -0.435 e. The number of alkyl halides is 3. The Kier molecular flexibility index (Phi) is 5.41. The van der Waals surface area contributed by atoms with E-state index >= 15 is 0 Å². The quantitative estimate of drug-likeness (QED) is 0.534. The fraction of sp³-hybridized carbons (Fsp3) is 0.143. The maximum Gasteiger partial charge on any atom is 0.387 e. The van der Waals surface area contributed by atoms with Gasteiger partial charge in [-0.1, -0.05) is 44.0 Å². The van der Waals surface area contributed by atoms with Crippen molar-refractivity contribution in [1.82, 2.24) is 0 Å². The molecule has 0 bridgehead atoms. The highest BCUT2D eigenvalue weighted by Gasteiger charge is 2.16. The van der Waals surface area contributed by atoms with E-state index in [0.29, 0.717) is 5.56 Å². The van der Waals surface area contributed by atoms with Crippen molar-refractivity contribution in [2.24, 2.45) is 0 Å². The van der Waals surface area contributed by atoms with Gasteiger partial charge in [-0.2, -0.15) is 8.78 Å². The highest BCUT2D eigenvalue weighted by molar-refractivity contribution is 9.11. The lowest BCUT2D eigenvalue weighted by Crippen LogP contribution is -2.03. The van der Waals surface area contributed by atoms with E-state index < -0.39 is 12.0 Å². The fourth-order valence-electron chi connectivity index (χ4n) is 1.74. The molecule has 0 saturated heterocycles. The maximum absolute atomic E-state index is 12.2. The van der Waals surface area contributed by atoms with Gasteiger partial charge < -0.3 is 4.74 Å². The minimum absolute atomic E-state index is 0.0919. The first-order chi connectivity index (χ1) is 9.47. The number of hydrogen-bond donors (Lipinski definition) is 0. The third kappa shape index (κ3) is 3.93. The molecule has 0 N–H and O–H groups in total. The van der Waals surface area contributed by atoms with Crippen LogP contribution in [0.25, 0.3) is 0 Å². The molecule has 0 spiro atoms. The molecule has 6 heteroatoms. The van der Waals surface area contributed by atoms with E-state index in [9.17, 15) is 8.78 Å². The summed E-state index contributed by atoms with van der Waals surface area (Å²) in [4.78, 5) is 0. The van der Waals surface area contributed by atoms with Crippen molar-refractivity contribution in [3.8, 4) is 5.75 Å². The van der Waals surface area contributed by atoms with Crippen LogP contribution in [-0.4, -0.2) is 6.61 Å². The lowest BCUT2D eigenvalue weighted by atomic mass is 10.0. The van der Waals surface area contributed by atoms with Crippen molar-refractivity contribution in [1.29, 1.82) is 0 Å². The van der Waals surface area contributed by atoms with Crippen LogP contribution in [0.2, 0.25) is 0 Å². The zero-order valence-corrected chi connectivity index (χ0v) is 13.9. The second kappa shape index (κ2) is 6.87. The Hall–Kier alpha value is -0.650. The smallest absolute Gasteiger partial charge is 0.387 e. The molecule has 0 aliphatic heterocycles. The summed E-state index contributed by atoms with van der Waals surface area (Å²) >= 11 is 13.2. The molecule has 20 heavy (non-hydrogen) atoms. The van der Waals surface area contributed by atoms with Crippen molar-refractivity contribution in [2.45, 2.75) is 12.0 Å². The van der Waals surface area contributed by atoms with E-state index in [1.54, 1.807) is 12.1 Å². The molecular formula is C14H9Br2ClF2O. The number of rotatable bonds is 4. The average Bonchev–Trinajstić information content (AvgIpc) is 2.40. The molecular weight excluding hydrogens is 417 g/mol. The van der Waals surface area contributed by atoms with Gasteiger partial charge in [0, 0.05) is 8.95 Å². The van der Waals surface area contributed by atoms with Crippen molar-refractivity contribution >= 4 is 43.5 Å². The van der Waals surface area contributed by atoms with Gasteiger partial charge in [-0.15, -0.1) is 11.6 Å². The number of halogens is 5. The molecule has 1 unspecified atom stereocenters. The maximum atomic E-state index is 12.2. The predicted molar refractivity (Wildman–Crippen MR) is 82.6 cm³/mol. The van der Waals surface area contributed by atoms with Gasteiger partial charge in [-0.3, -0.25) is 0 Å². The first kappa shape index (κ1) is 15.7. The van der Waals surface area contributed by atoms with E-state index in [0.717, 1.165) is 14.5 Å². The molecule has 0 aliphatic rings. The molecule has 2 rings (SSSR count). The lowest BCUT2D eigenvalue weighted by molar-refractivity contribution is -0.0498. The number of hydrogen-bond acceptors (Lipinski definition) is 1. The van der Waals surface area contributed by atoms with Gasteiger partial charge in [0.2, 0.25) is 0 Å². The molecule has 2 aromatic carbocycles. The van der Waals surface area contributed by atoms with E-state index in [4.69, 9.17) is 11.6 Å². The van der Waals surface area contributed by atoms with E-state index in [-0.39, 0.29) is 5.75 Å². The zero-order valence-electron chi connectivity index (χ0n) is 9.99. The topological polar surface area (TPSA) is 9.23 Å². The van der Waals surface area contributed by atoms with E-state index in [2.05, 4.69) is 36.6 Å². The summed E-state index contributed by atoms with van der Waals surface area (Å²) in [6.45, 7) is -2.85. The fourth-order valence-corrected chi connectivity index (χ4v) is 3.04. The third-order valence-electron chi connectivity index (χ3n) is 2.61. The van der Waals surface area contributed by atoms with Crippen LogP contribution < -0.4 is 4.74 Å². The summed E-state index contributed by atoms with van der Waals surface area (Å²) in [5.41, 5.74) is 1.53. The Labute approximate surface area is 137 Å². The van der Waals surface area contributed by atoms with Gasteiger partial charge in [-0.05, 0) is 41.5 Å². The van der Waals surface area contributed by atoms with Gasteiger partial charge in [0.1, 0.15) is 5.75 Å². The normalized spacial score (nSPS) is 12.5. The summed E-state index contributed by atoms with van der Waals surface area (Å²) in [6.07, 6.45) is 0. The molecule has 1 atom stereocenters. The summed E-state index contributed by atoms with van der Waals surface area (Å²) in [5.74, 6) is 0.0919. The standard InChI is InChI=1S/C14H9Br2ClF2O/c15-9-4-5-12(16)11(7-9)13(17)8-2-1-3-10(6-8)20-14(18)19/h1-7,13-14H. The van der Waals surface area contributed by atoms with Crippen LogP contribution in [0, 0.1) is 0 Å². The minimum atomic E-state index is -2.85. The third-order valence-corrected chi connectivity index (χ3v) is 4.31. The van der Waals surface area contributed by atoms with Crippen LogP contribution in [-0.2, 0) is 0 Å². The molecule has 0 amide bonds. The Bertz CT molecular complexity index is 607. The van der Waals surface area contributed by atoms with Crippen LogP contribution in [0.1, 0.15) is 16.5 Å². The van der Waals surface area contributed by atoms with Gasteiger partial charge >= 0.3 is 6.61 Å². The first-order valence-electron chi connectivity index (χ1n) is 5.61. The molecule has 0 heterocycles. The summed E-state index contributed by atoms with van der Waals surface area (Å²) in [6, 6.07) is 12.0. The van der Waals surface area contributed by atoms with Crippen molar-refractivity contribution < 1.29 is 13.5 Å². The number of benzene rings is 2. The van der Waals surface area contributed by atoms with Crippen LogP contribution in [0.15, 0.2) is 51.4 Å². The highest BCUT2D eigenvalue weighted by atomic mass is 79.9. The molecule has 106 valence electrons. The molecule has 0 aliphatic carbocycles. The van der Waals surface area contributed by atoms with Crippen LogP contribution >= 0.6 is 43.5 Å². The Morgan fingerprint density at radius 1 is 1.05 bits per heavy atom. The summed E-state index contributed by atoms with van der Waals surface area (Å²) in [5, 5.41) is -0.469. The van der Waals surface area contributed by atoms with Crippen molar-refractivity contribution in [3.05, 3.63) is 62.5 Å². The molecule has 0 aromatic heterocycles. The first-order valence-corrected chi connectivity index (χ1v) is 7.63. The second-order valence-electron chi connectivity index (χ2n) is 3.98. The molecule has 0 fully saturated rings. The largest absolute Gasteiger partial charge is 0.435 e. The van der Waals surface area contributed by atoms with Gasteiger partial charge in [0.15, 0.2) is 0 Å². The summed E-state index contributed by atoms with van der Waals surface area (Å²) in [7, 11) is 0. The molecule has 2 aromatic rings. The average molecular weight is 426 g/mol. The van der Waals surface area contributed by atoms with Crippen LogP contribution in [0.4, 0.5) is 8.78 Å². The number of ether oxygens (including phenoxy) is 1. The lowest BCUT2D eigenvalue weighted by Gasteiger charge is -2.14. The SMILES string of the molecule is FC(F)Oc1cccc(C(Cl)c2cc(Br)ccc2Br)c1. The monoisotopic (exact) mass is 424 g/mol. The van der Waals surface area contributed by atoms with E-state index in [1.807, 2.05) is 18.2 Å². The summed E-state index contributed by atoms with van der Waals surface area (Å²) < 4.78 is 30.6. The van der Waals surface area contributed by atoms with Crippen molar-refractivity contribution in [2.75, 3.05) is 0 Å². The predicted octanol–water partition coefficient (Wildman–Crippen LogP) is 6.14. The molecule has 0 saturated carbocycles. The van der Waals surface area contributed by atoms with Crippen LogP contribution in [0.5, 0.6) is 5.75 Å².